The lowest BCUT2D eigenvalue weighted by atomic mass is 10.1. The molecule has 1 amide bonds. The lowest BCUT2D eigenvalue weighted by Crippen LogP contribution is -2.32. The lowest BCUT2D eigenvalue weighted by molar-refractivity contribution is -0.275. The Bertz CT molecular complexity index is 1090. The zero-order valence-corrected chi connectivity index (χ0v) is 19.7. The molecule has 0 aliphatic rings. The molecule has 0 bridgehead atoms. The molecule has 1 N–H and O–H groups in total. The van der Waals surface area contributed by atoms with Crippen LogP contribution in [0.5, 0.6) is 11.5 Å². The van der Waals surface area contributed by atoms with E-state index in [1.54, 1.807) is 49.4 Å². The third-order valence-electron chi connectivity index (χ3n) is 4.93. The Morgan fingerprint density at radius 3 is 2.34 bits per heavy atom. The standard InChI is InChI=1S/C26H25ClF3NO4/c1-2-33-24(20-9-11-21(27)12-10-20)25(32)31-15-14-18-8-13-22(23(16-18)35-26(28,29)30)34-17-19-6-4-3-5-7-19/h3-13,16,24H,2,14-15,17H2,1H3,(H,31,32). The van der Waals surface area contributed by atoms with Crippen LogP contribution in [0.3, 0.4) is 0 Å². The van der Waals surface area contributed by atoms with Gasteiger partial charge >= 0.3 is 6.36 Å². The van der Waals surface area contributed by atoms with Crippen molar-refractivity contribution in [2.75, 3.05) is 13.2 Å². The third kappa shape index (κ3) is 8.49. The van der Waals surface area contributed by atoms with Gasteiger partial charge in [0.15, 0.2) is 17.6 Å². The molecular formula is C26H25ClF3NO4. The molecule has 0 aromatic heterocycles. The van der Waals surface area contributed by atoms with Crippen LogP contribution < -0.4 is 14.8 Å². The number of carbonyl (C=O) groups is 1. The van der Waals surface area contributed by atoms with Gasteiger partial charge in [0, 0.05) is 18.2 Å². The minimum absolute atomic E-state index is 0.0295. The van der Waals surface area contributed by atoms with Crippen molar-refractivity contribution >= 4 is 17.5 Å². The van der Waals surface area contributed by atoms with Gasteiger partial charge in [0.05, 0.1) is 0 Å². The number of hydrogen-bond acceptors (Lipinski definition) is 4. The fraction of sp³-hybridized carbons (Fsp3) is 0.269. The summed E-state index contributed by atoms with van der Waals surface area (Å²) in [4.78, 5) is 12.7. The van der Waals surface area contributed by atoms with Crippen molar-refractivity contribution in [2.45, 2.75) is 32.4 Å². The number of nitrogens with one attached hydrogen (secondary N) is 1. The molecule has 186 valence electrons. The first-order valence-corrected chi connectivity index (χ1v) is 11.3. The Morgan fingerprint density at radius 1 is 0.971 bits per heavy atom. The third-order valence-corrected chi connectivity index (χ3v) is 5.18. The van der Waals surface area contributed by atoms with Crippen molar-refractivity contribution in [2.24, 2.45) is 0 Å². The number of hydrogen-bond donors (Lipinski definition) is 1. The van der Waals surface area contributed by atoms with E-state index in [1.165, 1.54) is 12.1 Å². The van der Waals surface area contributed by atoms with E-state index >= 15 is 0 Å². The van der Waals surface area contributed by atoms with Crippen molar-refractivity contribution in [3.05, 3.63) is 94.5 Å². The minimum Gasteiger partial charge on any atom is -0.485 e. The van der Waals surface area contributed by atoms with Gasteiger partial charge < -0.3 is 19.5 Å². The molecule has 3 aromatic rings. The lowest BCUT2D eigenvalue weighted by Gasteiger charge is -2.18. The van der Waals surface area contributed by atoms with Gasteiger partial charge in [0.1, 0.15) is 6.61 Å². The Hall–Kier alpha value is -3.23. The summed E-state index contributed by atoms with van der Waals surface area (Å²) in [5, 5.41) is 3.31. The maximum absolute atomic E-state index is 13.0. The number of halogens is 4. The van der Waals surface area contributed by atoms with Crippen molar-refractivity contribution in [3.63, 3.8) is 0 Å². The smallest absolute Gasteiger partial charge is 0.485 e. The highest BCUT2D eigenvalue weighted by molar-refractivity contribution is 6.30. The number of rotatable bonds is 11. The molecule has 3 aromatic carbocycles. The van der Waals surface area contributed by atoms with E-state index in [0.29, 0.717) is 22.8 Å². The molecule has 35 heavy (non-hydrogen) atoms. The fourth-order valence-electron chi connectivity index (χ4n) is 3.32. The van der Waals surface area contributed by atoms with Crippen LogP contribution in [0, 0.1) is 0 Å². The number of alkyl halides is 3. The van der Waals surface area contributed by atoms with Gasteiger partial charge in [-0.3, -0.25) is 4.79 Å². The van der Waals surface area contributed by atoms with E-state index in [2.05, 4.69) is 10.1 Å². The highest BCUT2D eigenvalue weighted by Gasteiger charge is 2.32. The summed E-state index contributed by atoms with van der Waals surface area (Å²) in [5.74, 6) is -0.826. The van der Waals surface area contributed by atoms with Gasteiger partial charge in [-0.15, -0.1) is 13.2 Å². The van der Waals surface area contributed by atoms with Crippen LogP contribution >= 0.6 is 11.6 Å². The molecule has 0 saturated carbocycles. The predicted octanol–water partition coefficient (Wildman–Crippen LogP) is 6.25. The predicted molar refractivity (Wildman–Crippen MR) is 126 cm³/mol. The van der Waals surface area contributed by atoms with E-state index < -0.39 is 18.2 Å². The highest BCUT2D eigenvalue weighted by atomic mass is 35.5. The van der Waals surface area contributed by atoms with Crippen molar-refractivity contribution in [1.29, 1.82) is 0 Å². The molecule has 0 heterocycles. The number of carbonyl (C=O) groups excluding carboxylic acids is 1. The SMILES string of the molecule is CCOC(C(=O)NCCc1ccc(OCc2ccccc2)c(OC(F)(F)F)c1)c1ccc(Cl)cc1. The molecule has 5 nitrogen and oxygen atoms in total. The summed E-state index contributed by atoms with van der Waals surface area (Å²) in [7, 11) is 0. The van der Waals surface area contributed by atoms with Crippen LogP contribution in [0.15, 0.2) is 72.8 Å². The zero-order valence-electron chi connectivity index (χ0n) is 19.0. The molecule has 9 heteroatoms. The second-order valence-electron chi connectivity index (χ2n) is 7.53. The Morgan fingerprint density at radius 2 is 1.69 bits per heavy atom. The topological polar surface area (TPSA) is 56.8 Å². The van der Waals surface area contributed by atoms with E-state index in [0.717, 1.165) is 5.56 Å². The number of benzene rings is 3. The first kappa shape index (κ1) is 26.4. The maximum atomic E-state index is 13.0. The maximum Gasteiger partial charge on any atom is 0.573 e. The van der Waals surface area contributed by atoms with Crippen molar-refractivity contribution < 1.29 is 32.2 Å². The summed E-state index contributed by atoms with van der Waals surface area (Å²) < 4.78 is 54.2. The molecule has 0 aliphatic heterocycles. The monoisotopic (exact) mass is 507 g/mol. The van der Waals surface area contributed by atoms with Crippen LogP contribution in [0.2, 0.25) is 5.02 Å². The van der Waals surface area contributed by atoms with Gasteiger partial charge in [-0.25, -0.2) is 0 Å². The first-order chi connectivity index (χ1) is 16.7. The van der Waals surface area contributed by atoms with Crippen LogP contribution in [-0.4, -0.2) is 25.4 Å². The molecule has 0 radical (unpaired) electrons. The molecule has 1 atom stereocenters. The van der Waals surface area contributed by atoms with Gasteiger partial charge in [-0.2, -0.15) is 0 Å². The number of ether oxygens (including phenoxy) is 3. The summed E-state index contributed by atoms with van der Waals surface area (Å²) in [6, 6.07) is 20.1. The van der Waals surface area contributed by atoms with Gasteiger partial charge in [0.25, 0.3) is 5.91 Å². The van der Waals surface area contributed by atoms with Crippen molar-refractivity contribution in [1.82, 2.24) is 5.32 Å². The van der Waals surface area contributed by atoms with Crippen LogP contribution in [0.4, 0.5) is 13.2 Å². The first-order valence-electron chi connectivity index (χ1n) is 11.0. The highest BCUT2D eigenvalue weighted by Crippen LogP contribution is 2.34. The van der Waals surface area contributed by atoms with E-state index in [-0.39, 0.29) is 31.2 Å². The molecule has 0 fully saturated rings. The number of amides is 1. The van der Waals surface area contributed by atoms with Gasteiger partial charge in [-0.1, -0.05) is 60.1 Å². The van der Waals surface area contributed by atoms with Crippen LogP contribution in [0.25, 0.3) is 0 Å². The average molecular weight is 508 g/mol. The van der Waals surface area contributed by atoms with Crippen LogP contribution in [-0.2, 0) is 22.6 Å². The molecular weight excluding hydrogens is 483 g/mol. The summed E-state index contributed by atoms with van der Waals surface area (Å²) in [5.41, 5.74) is 1.99. The largest absolute Gasteiger partial charge is 0.573 e. The van der Waals surface area contributed by atoms with Gasteiger partial charge in [-0.05, 0) is 54.3 Å². The Kier molecular flexibility index (Phi) is 9.39. The second-order valence-corrected chi connectivity index (χ2v) is 7.97. The second kappa shape index (κ2) is 12.5. The molecule has 0 aliphatic carbocycles. The Labute approximate surface area is 206 Å². The zero-order chi connectivity index (χ0) is 25.3. The molecule has 0 saturated heterocycles. The minimum atomic E-state index is -4.87. The quantitative estimate of drug-likeness (QED) is 0.333. The van der Waals surface area contributed by atoms with Crippen LogP contribution in [0.1, 0.15) is 29.7 Å². The molecule has 0 spiro atoms. The average Bonchev–Trinajstić information content (AvgIpc) is 2.82. The van der Waals surface area contributed by atoms with Crippen molar-refractivity contribution in [3.8, 4) is 11.5 Å². The van der Waals surface area contributed by atoms with Gasteiger partial charge in [0.2, 0.25) is 0 Å². The van der Waals surface area contributed by atoms with E-state index in [1.807, 2.05) is 18.2 Å². The molecule has 1 unspecified atom stereocenters. The summed E-state index contributed by atoms with van der Waals surface area (Å²) in [6.07, 6.45) is -5.42. The van der Waals surface area contributed by atoms with E-state index in [4.69, 9.17) is 21.1 Å². The fourth-order valence-corrected chi connectivity index (χ4v) is 3.44. The van der Waals surface area contributed by atoms with E-state index in [9.17, 15) is 18.0 Å². The summed E-state index contributed by atoms with van der Waals surface area (Å²) in [6.45, 7) is 2.38. The summed E-state index contributed by atoms with van der Waals surface area (Å²) >= 11 is 5.91. The Balaban J connectivity index is 1.64. The molecule has 3 rings (SSSR count). The normalized spacial score (nSPS) is 12.1.